The third-order valence-electron chi connectivity index (χ3n) is 2.91. The predicted molar refractivity (Wildman–Crippen MR) is 88.4 cm³/mol. The molecule has 0 aliphatic rings. The number of hydrogen-bond donors (Lipinski definition) is 3. The van der Waals surface area contributed by atoms with E-state index < -0.39 is 17.7 Å². The molecule has 0 saturated heterocycles. The summed E-state index contributed by atoms with van der Waals surface area (Å²) in [5.74, 6) is -1.21. The number of hydrogen-bond acceptors (Lipinski definition) is 6. The molecule has 0 saturated carbocycles. The molecule has 7 nitrogen and oxygen atoms in total. The van der Waals surface area contributed by atoms with Gasteiger partial charge in [0.2, 0.25) is 0 Å². The van der Waals surface area contributed by atoms with E-state index in [9.17, 15) is 14.0 Å². The standard InChI is InChI=1S/C15H15FN4O3S/c16-9-3-5-10(6-4-9)19-14(23)11-8-18-15(20-13(11)17)24-7-1-2-12(21)22/h3-6,8H,1-2,7H2,(H,19,23)(H,21,22)(H2,17,18,20). The number of thioether (sulfide) groups is 1. The Morgan fingerprint density at radius 3 is 2.62 bits per heavy atom. The SMILES string of the molecule is Nc1nc(SCCCC(=O)O)ncc1C(=O)Nc1ccc(F)cc1. The highest BCUT2D eigenvalue weighted by molar-refractivity contribution is 7.99. The molecule has 0 unspecified atom stereocenters. The molecule has 0 fully saturated rings. The number of nitrogens with one attached hydrogen (secondary N) is 1. The highest BCUT2D eigenvalue weighted by Crippen LogP contribution is 2.19. The minimum Gasteiger partial charge on any atom is -0.481 e. The fraction of sp³-hybridized carbons (Fsp3) is 0.200. The molecular formula is C15H15FN4O3S. The third kappa shape index (κ3) is 5.20. The van der Waals surface area contributed by atoms with Crippen molar-refractivity contribution < 1.29 is 19.1 Å². The van der Waals surface area contributed by atoms with E-state index in [1.165, 1.54) is 42.2 Å². The number of nitrogen functional groups attached to an aromatic ring is 1. The molecule has 1 aromatic carbocycles. The normalized spacial score (nSPS) is 10.4. The Bertz CT molecular complexity index is 740. The summed E-state index contributed by atoms with van der Waals surface area (Å²) in [6.45, 7) is 0. The largest absolute Gasteiger partial charge is 0.481 e. The maximum atomic E-state index is 12.8. The van der Waals surface area contributed by atoms with Crippen molar-refractivity contribution in [1.82, 2.24) is 9.97 Å². The second-order valence-corrected chi connectivity index (χ2v) is 5.82. The maximum Gasteiger partial charge on any atom is 0.303 e. The monoisotopic (exact) mass is 350 g/mol. The van der Waals surface area contributed by atoms with E-state index in [2.05, 4.69) is 15.3 Å². The molecule has 0 aliphatic heterocycles. The Labute approximate surface area is 141 Å². The number of aliphatic carboxylic acids is 1. The second kappa shape index (κ2) is 8.25. The number of nitrogens with zero attached hydrogens (tertiary/aromatic N) is 2. The van der Waals surface area contributed by atoms with Crippen molar-refractivity contribution in [3.05, 3.63) is 41.8 Å². The smallest absolute Gasteiger partial charge is 0.303 e. The van der Waals surface area contributed by atoms with Crippen LogP contribution in [0.1, 0.15) is 23.2 Å². The van der Waals surface area contributed by atoms with Gasteiger partial charge >= 0.3 is 5.97 Å². The van der Waals surface area contributed by atoms with Crippen LogP contribution in [0.4, 0.5) is 15.9 Å². The molecule has 2 aromatic rings. The van der Waals surface area contributed by atoms with Crippen LogP contribution in [0.3, 0.4) is 0 Å². The number of anilines is 2. The van der Waals surface area contributed by atoms with Crippen LogP contribution in [0, 0.1) is 5.82 Å². The molecule has 1 amide bonds. The molecule has 0 radical (unpaired) electrons. The Morgan fingerprint density at radius 2 is 2.00 bits per heavy atom. The van der Waals surface area contributed by atoms with Crippen molar-refractivity contribution >= 4 is 35.1 Å². The molecule has 24 heavy (non-hydrogen) atoms. The van der Waals surface area contributed by atoms with Gasteiger partial charge < -0.3 is 16.2 Å². The summed E-state index contributed by atoms with van der Waals surface area (Å²) >= 11 is 1.26. The van der Waals surface area contributed by atoms with E-state index in [1.54, 1.807) is 0 Å². The van der Waals surface area contributed by atoms with E-state index in [4.69, 9.17) is 10.8 Å². The van der Waals surface area contributed by atoms with E-state index in [1.807, 2.05) is 0 Å². The number of halogens is 1. The first kappa shape index (κ1) is 17.7. The lowest BCUT2D eigenvalue weighted by Crippen LogP contribution is -2.15. The number of amides is 1. The first-order chi connectivity index (χ1) is 11.5. The van der Waals surface area contributed by atoms with Gasteiger partial charge in [0.1, 0.15) is 17.2 Å². The van der Waals surface area contributed by atoms with Gasteiger partial charge in [-0.05, 0) is 30.7 Å². The Hall–Kier alpha value is -2.68. The van der Waals surface area contributed by atoms with Crippen LogP contribution in [0.5, 0.6) is 0 Å². The van der Waals surface area contributed by atoms with Gasteiger partial charge in [-0.1, -0.05) is 11.8 Å². The number of nitrogens with two attached hydrogens (primary N) is 1. The van der Waals surface area contributed by atoms with Crippen LogP contribution in [0.25, 0.3) is 0 Å². The number of aromatic nitrogens is 2. The van der Waals surface area contributed by atoms with Gasteiger partial charge in [-0.2, -0.15) is 0 Å². The molecule has 1 heterocycles. The molecule has 0 bridgehead atoms. The van der Waals surface area contributed by atoms with Gasteiger partial charge in [-0.25, -0.2) is 14.4 Å². The van der Waals surface area contributed by atoms with Crippen LogP contribution in [0.15, 0.2) is 35.6 Å². The van der Waals surface area contributed by atoms with Crippen LogP contribution >= 0.6 is 11.8 Å². The average molecular weight is 350 g/mol. The van der Waals surface area contributed by atoms with E-state index in [0.29, 0.717) is 23.0 Å². The molecule has 0 aliphatic carbocycles. The van der Waals surface area contributed by atoms with E-state index in [-0.39, 0.29) is 17.8 Å². The Kier molecular flexibility index (Phi) is 6.07. The minimum absolute atomic E-state index is 0.0188. The molecule has 2 rings (SSSR count). The molecule has 9 heteroatoms. The van der Waals surface area contributed by atoms with Crippen LogP contribution in [0.2, 0.25) is 0 Å². The quantitative estimate of drug-likeness (QED) is 0.398. The molecule has 0 atom stereocenters. The van der Waals surface area contributed by atoms with Crippen LogP contribution < -0.4 is 11.1 Å². The van der Waals surface area contributed by atoms with Gasteiger partial charge in [0, 0.05) is 24.1 Å². The first-order valence-electron chi connectivity index (χ1n) is 6.99. The predicted octanol–water partition coefficient (Wildman–Crippen LogP) is 2.41. The number of carboxylic acids is 1. The van der Waals surface area contributed by atoms with Crippen molar-refractivity contribution in [3.63, 3.8) is 0 Å². The van der Waals surface area contributed by atoms with Gasteiger partial charge in [-0.3, -0.25) is 9.59 Å². The first-order valence-corrected chi connectivity index (χ1v) is 7.98. The van der Waals surface area contributed by atoms with Gasteiger partial charge in [0.05, 0.1) is 0 Å². The molecule has 126 valence electrons. The average Bonchev–Trinajstić information content (AvgIpc) is 2.53. The topological polar surface area (TPSA) is 118 Å². The van der Waals surface area contributed by atoms with Crippen LogP contribution in [-0.2, 0) is 4.79 Å². The summed E-state index contributed by atoms with van der Waals surface area (Å²) in [7, 11) is 0. The van der Waals surface area contributed by atoms with E-state index in [0.717, 1.165) is 0 Å². The third-order valence-corrected chi connectivity index (χ3v) is 3.86. The van der Waals surface area contributed by atoms with Crippen molar-refractivity contribution in [3.8, 4) is 0 Å². The summed E-state index contributed by atoms with van der Waals surface area (Å²) < 4.78 is 12.8. The Balaban J connectivity index is 1.96. The van der Waals surface area contributed by atoms with Gasteiger partial charge in [0.25, 0.3) is 5.91 Å². The van der Waals surface area contributed by atoms with E-state index >= 15 is 0 Å². The lowest BCUT2D eigenvalue weighted by Gasteiger charge is -2.08. The zero-order valence-corrected chi connectivity index (χ0v) is 13.3. The fourth-order valence-electron chi connectivity index (χ4n) is 1.74. The fourth-order valence-corrected chi connectivity index (χ4v) is 2.50. The molecule has 1 aromatic heterocycles. The number of carbonyl (C=O) groups excluding carboxylic acids is 1. The summed E-state index contributed by atoms with van der Waals surface area (Å²) in [4.78, 5) is 30.6. The summed E-state index contributed by atoms with van der Waals surface area (Å²) in [6, 6.07) is 5.31. The van der Waals surface area contributed by atoms with Crippen LogP contribution in [-0.4, -0.2) is 32.7 Å². The molecule has 4 N–H and O–H groups in total. The number of carbonyl (C=O) groups is 2. The van der Waals surface area contributed by atoms with Crippen molar-refractivity contribution in [2.75, 3.05) is 16.8 Å². The number of carboxylic acid groups (broad SMARTS) is 1. The highest BCUT2D eigenvalue weighted by atomic mass is 32.2. The summed E-state index contributed by atoms with van der Waals surface area (Å²) in [5.41, 5.74) is 6.30. The molecular weight excluding hydrogens is 335 g/mol. The van der Waals surface area contributed by atoms with Gasteiger partial charge in [-0.15, -0.1) is 0 Å². The number of benzene rings is 1. The maximum absolute atomic E-state index is 12.8. The van der Waals surface area contributed by atoms with Crippen molar-refractivity contribution in [1.29, 1.82) is 0 Å². The minimum atomic E-state index is -0.858. The summed E-state index contributed by atoms with van der Waals surface area (Å²) in [5, 5.41) is 11.5. The molecule has 0 spiro atoms. The summed E-state index contributed by atoms with van der Waals surface area (Å²) in [6.07, 6.45) is 1.86. The zero-order valence-electron chi connectivity index (χ0n) is 12.5. The second-order valence-electron chi connectivity index (χ2n) is 4.76. The van der Waals surface area contributed by atoms with Crippen molar-refractivity contribution in [2.24, 2.45) is 0 Å². The Morgan fingerprint density at radius 1 is 1.29 bits per heavy atom. The van der Waals surface area contributed by atoms with Crippen molar-refractivity contribution in [2.45, 2.75) is 18.0 Å². The zero-order chi connectivity index (χ0) is 17.5. The lowest BCUT2D eigenvalue weighted by molar-refractivity contribution is -0.137. The van der Waals surface area contributed by atoms with Gasteiger partial charge in [0.15, 0.2) is 5.16 Å². The highest BCUT2D eigenvalue weighted by Gasteiger charge is 2.13. The number of rotatable bonds is 7. The lowest BCUT2D eigenvalue weighted by atomic mass is 10.2.